The normalized spacial score (nSPS) is 10.9. The van der Waals surface area contributed by atoms with Gasteiger partial charge in [-0.25, -0.2) is 13.8 Å². The molecule has 1 N–H and O–H groups in total. The van der Waals surface area contributed by atoms with Crippen LogP contribution in [0.1, 0.15) is 19.4 Å². The number of ether oxygens (including phenoxy) is 1. The number of pyridine rings is 1. The molecule has 2 rings (SSSR count). The maximum atomic E-state index is 13.1. The van der Waals surface area contributed by atoms with Crippen LogP contribution in [0.2, 0.25) is 0 Å². The van der Waals surface area contributed by atoms with Crippen LogP contribution >= 0.6 is 0 Å². The van der Waals surface area contributed by atoms with Gasteiger partial charge >= 0.3 is 0 Å². The first-order valence-electron chi connectivity index (χ1n) is 6.83. The average molecular weight is 292 g/mol. The molecule has 0 saturated carbocycles. The maximum Gasteiger partial charge on any atom is 0.219 e. The Bertz CT molecular complexity index is 603. The fraction of sp³-hybridized carbons (Fsp3) is 0.312. The Kier molecular flexibility index (Phi) is 5.22. The molecule has 0 atom stereocenters. The van der Waals surface area contributed by atoms with Crippen molar-refractivity contribution in [3.05, 3.63) is 53.7 Å². The Hall–Kier alpha value is -2.01. The van der Waals surface area contributed by atoms with Crippen LogP contribution in [0.3, 0.4) is 0 Å². The molecule has 0 amide bonds. The van der Waals surface area contributed by atoms with E-state index in [-0.39, 0.29) is 5.75 Å². The van der Waals surface area contributed by atoms with E-state index in [1.807, 2.05) is 6.07 Å². The molecule has 0 saturated heterocycles. The third kappa shape index (κ3) is 4.79. The van der Waals surface area contributed by atoms with Crippen LogP contribution in [0.5, 0.6) is 11.6 Å². The molecular weight excluding hydrogens is 274 g/mol. The Morgan fingerprint density at radius 3 is 2.67 bits per heavy atom. The minimum absolute atomic E-state index is 0.216. The highest BCUT2D eigenvalue weighted by molar-refractivity contribution is 5.29. The summed E-state index contributed by atoms with van der Waals surface area (Å²) in [7, 11) is 0. The van der Waals surface area contributed by atoms with Crippen LogP contribution in [-0.4, -0.2) is 11.5 Å². The minimum Gasteiger partial charge on any atom is -0.439 e. The second-order valence-corrected chi connectivity index (χ2v) is 5.21. The smallest absolute Gasteiger partial charge is 0.219 e. The Labute approximate surface area is 123 Å². The number of hydrogen-bond donors (Lipinski definition) is 1. The summed E-state index contributed by atoms with van der Waals surface area (Å²) in [6, 6.07) is 7.04. The summed E-state index contributed by atoms with van der Waals surface area (Å²) in [5.41, 5.74) is 1.02. The van der Waals surface area contributed by atoms with Crippen LogP contribution in [0, 0.1) is 17.6 Å². The number of rotatable bonds is 6. The van der Waals surface area contributed by atoms with E-state index in [9.17, 15) is 8.78 Å². The summed E-state index contributed by atoms with van der Waals surface area (Å²) in [6.45, 7) is 5.89. The molecular formula is C16H18F2N2O. The van der Waals surface area contributed by atoms with Gasteiger partial charge in [-0.3, -0.25) is 0 Å². The van der Waals surface area contributed by atoms with E-state index in [2.05, 4.69) is 24.1 Å². The predicted molar refractivity (Wildman–Crippen MR) is 77.2 cm³/mol. The topological polar surface area (TPSA) is 34.2 Å². The lowest BCUT2D eigenvalue weighted by Crippen LogP contribution is -2.18. The van der Waals surface area contributed by atoms with Gasteiger partial charge in [0, 0.05) is 24.9 Å². The van der Waals surface area contributed by atoms with E-state index in [4.69, 9.17) is 4.74 Å². The van der Waals surface area contributed by atoms with Gasteiger partial charge in [0.2, 0.25) is 5.88 Å². The number of aromatic nitrogens is 1. The van der Waals surface area contributed by atoms with Gasteiger partial charge in [-0.2, -0.15) is 0 Å². The molecule has 5 heteroatoms. The molecule has 1 aromatic carbocycles. The molecule has 0 aliphatic heterocycles. The van der Waals surface area contributed by atoms with E-state index < -0.39 is 11.6 Å². The third-order valence-corrected chi connectivity index (χ3v) is 2.79. The van der Waals surface area contributed by atoms with Gasteiger partial charge in [0.25, 0.3) is 0 Å². The third-order valence-electron chi connectivity index (χ3n) is 2.79. The summed E-state index contributed by atoms with van der Waals surface area (Å²) >= 11 is 0. The summed E-state index contributed by atoms with van der Waals surface area (Å²) < 4.78 is 31.4. The first-order valence-corrected chi connectivity index (χ1v) is 6.83. The van der Waals surface area contributed by atoms with Crippen molar-refractivity contribution < 1.29 is 13.5 Å². The van der Waals surface area contributed by atoms with E-state index in [1.54, 1.807) is 12.3 Å². The lowest BCUT2D eigenvalue weighted by atomic mass is 10.2. The average Bonchev–Trinajstić information content (AvgIpc) is 2.43. The quantitative estimate of drug-likeness (QED) is 0.877. The maximum absolute atomic E-state index is 13.1. The number of halogens is 2. The van der Waals surface area contributed by atoms with E-state index in [0.29, 0.717) is 18.3 Å². The molecule has 1 heterocycles. The Balaban J connectivity index is 2.01. The summed E-state index contributed by atoms with van der Waals surface area (Å²) in [6.07, 6.45) is 1.63. The zero-order chi connectivity index (χ0) is 15.2. The lowest BCUT2D eigenvalue weighted by Gasteiger charge is -2.09. The first kappa shape index (κ1) is 15.4. The SMILES string of the molecule is CC(C)CNCc1ccnc(Oc2ccc(F)c(F)c2)c1. The fourth-order valence-corrected chi connectivity index (χ4v) is 1.78. The molecule has 1 aromatic heterocycles. The van der Waals surface area contributed by atoms with Crippen LogP contribution < -0.4 is 10.1 Å². The van der Waals surface area contributed by atoms with Crippen LogP contribution in [0.4, 0.5) is 8.78 Å². The molecule has 0 aliphatic rings. The van der Waals surface area contributed by atoms with Crippen LogP contribution in [0.25, 0.3) is 0 Å². The van der Waals surface area contributed by atoms with E-state index in [1.165, 1.54) is 6.07 Å². The van der Waals surface area contributed by atoms with Gasteiger partial charge in [0.05, 0.1) is 0 Å². The molecule has 21 heavy (non-hydrogen) atoms. The predicted octanol–water partition coefficient (Wildman–Crippen LogP) is 3.90. The van der Waals surface area contributed by atoms with Crippen molar-refractivity contribution in [3.63, 3.8) is 0 Å². The first-order chi connectivity index (χ1) is 10.0. The van der Waals surface area contributed by atoms with Gasteiger partial charge < -0.3 is 10.1 Å². The van der Waals surface area contributed by atoms with E-state index in [0.717, 1.165) is 24.2 Å². The van der Waals surface area contributed by atoms with Crippen molar-refractivity contribution in [2.75, 3.05) is 6.54 Å². The highest BCUT2D eigenvalue weighted by Gasteiger charge is 2.05. The highest BCUT2D eigenvalue weighted by Crippen LogP contribution is 2.22. The fourth-order valence-electron chi connectivity index (χ4n) is 1.78. The molecule has 0 radical (unpaired) electrons. The molecule has 0 unspecified atom stereocenters. The molecule has 0 bridgehead atoms. The summed E-state index contributed by atoms with van der Waals surface area (Å²) in [4.78, 5) is 4.06. The van der Waals surface area contributed by atoms with Gasteiger partial charge in [0.15, 0.2) is 11.6 Å². The zero-order valence-corrected chi connectivity index (χ0v) is 12.1. The zero-order valence-electron chi connectivity index (χ0n) is 12.1. The van der Waals surface area contributed by atoms with Gasteiger partial charge in [-0.05, 0) is 36.2 Å². The van der Waals surface area contributed by atoms with Crippen molar-refractivity contribution in [2.45, 2.75) is 20.4 Å². The Morgan fingerprint density at radius 1 is 1.14 bits per heavy atom. The van der Waals surface area contributed by atoms with Gasteiger partial charge in [0.1, 0.15) is 5.75 Å². The van der Waals surface area contributed by atoms with E-state index >= 15 is 0 Å². The second kappa shape index (κ2) is 7.13. The largest absolute Gasteiger partial charge is 0.439 e. The molecule has 3 nitrogen and oxygen atoms in total. The standard InChI is InChI=1S/C16H18F2N2O/c1-11(2)9-19-10-12-5-6-20-16(7-12)21-13-3-4-14(17)15(18)8-13/h3-8,11,19H,9-10H2,1-2H3. The number of nitrogens with zero attached hydrogens (tertiary/aromatic N) is 1. The molecule has 0 fully saturated rings. The van der Waals surface area contributed by atoms with Crippen molar-refractivity contribution in [1.29, 1.82) is 0 Å². The van der Waals surface area contributed by atoms with Crippen molar-refractivity contribution in [3.8, 4) is 11.6 Å². The highest BCUT2D eigenvalue weighted by atomic mass is 19.2. The minimum atomic E-state index is -0.942. The van der Waals surface area contributed by atoms with Crippen LogP contribution in [0.15, 0.2) is 36.5 Å². The number of nitrogens with one attached hydrogen (secondary N) is 1. The van der Waals surface area contributed by atoms with Gasteiger partial charge in [-0.15, -0.1) is 0 Å². The van der Waals surface area contributed by atoms with Crippen molar-refractivity contribution in [2.24, 2.45) is 5.92 Å². The molecule has 112 valence electrons. The molecule has 0 spiro atoms. The molecule has 2 aromatic rings. The Morgan fingerprint density at radius 2 is 1.95 bits per heavy atom. The summed E-state index contributed by atoms with van der Waals surface area (Å²) in [5, 5.41) is 3.32. The van der Waals surface area contributed by atoms with Crippen molar-refractivity contribution in [1.82, 2.24) is 10.3 Å². The summed E-state index contributed by atoms with van der Waals surface area (Å²) in [5.74, 6) is -0.701. The van der Waals surface area contributed by atoms with Crippen LogP contribution in [-0.2, 0) is 6.54 Å². The molecule has 0 aliphatic carbocycles. The van der Waals surface area contributed by atoms with Crippen molar-refractivity contribution >= 4 is 0 Å². The lowest BCUT2D eigenvalue weighted by molar-refractivity contribution is 0.446. The number of benzene rings is 1. The number of hydrogen-bond acceptors (Lipinski definition) is 3. The second-order valence-electron chi connectivity index (χ2n) is 5.21. The van der Waals surface area contributed by atoms with Gasteiger partial charge in [-0.1, -0.05) is 13.8 Å². The monoisotopic (exact) mass is 292 g/mol.